The van der Waals surface area contributed by atoms with Crippen LogP contribution in [0.4, 0.5) is 0 Å². The van der Waals surface area contributed by atoms with E-state index in [0.717, 1.165) is 57.7 Å². The van der Waals surface area contributed by atoms with Crippen LogP contribution in [0.5, 0.6) is 0 Å². The number of fused-ring (bicyclic) bond motifs is 4. The van der Waals surface area contributed by atoms with Crippen molar-refractivity contribution in [3.63, 3.8) is 0 Å². The first-order valence-electron chi connectivity index (χ1n) is 8.33. The van der Waals surface area contributed by atoms with Crippen LogP contribution in [-0.4, -0.2) is 75.5 Å². The third-order valence-electron chi connectivity index (χ3n) is 5.38. The van der Waals surface area contributed by atoms with E-state index < -0.39 is 0 Å². The Hall–Kier alpha value is -1.05. The van der Waals surface area contributed by atoms with Crippen molar-refractivity contribution >= 4 is 17.4 Å². The molecule has 0 N–H and O–H groups in total. The lowest BCUT2D eigenvalue weighted by Gasteiger charge is -2.37. The first kappa shape index (κ1) is 14.5. The van der Waals surface area contributed by atoms with Gasteiger partial charge in [0.2, 0.25) is 5.91 Å². The van der Waals surface area contributed by atoms with Gasteiger partial charge in [-0.25, -0.2) is 0 Å². The van der Waals surface area contributed by atoms with Gasteiger partial charge >= 0.3 is 0 Å². The van der Waals surface area contributed by atoms with Crippen LogP contribution >= 0.6 is 11.5 Å². The van der Waals surface area contributed by atoms with E-state index in [1.54, 1.807) is 0 Å². The molecule has 1 amide bonds. The highest BCUT2D eigenvalue weighted by molar-refractivity contribution is 7.05. The molecular formula is C15H23N5OS. The molecule has 4 heterocycles. The molecule has 6 nitrogen and oxygen atoms in total. The molecule has 0 aromatic carbocycles. The van der Waals surface area contributed by atoms with Gasteiger partial charge in [-0.1, -0.05) is 11.4 Å². The molecule has 2 bridgehead atoms. The van der Waals surface area contributed by atoms with Crippen molar-refractivity contribution in [3.05, 3.63) is 10.6 Å². The Morgan fingerprint density at radius 2 is 2.00 bits per heavy atom. The number of aromatic nitrogens is 2. The van der Waals surface area contributed by atoms with Gasteiger partial charge in [0.15, 0.2) is 0 Å². The van der Waals surface area contributed by atoms with Crippen LogP contribution in [0, 0.1) is 0 Å². The van der Waals surface area contributed by atoms with Crippen LogP contribution in [-0.2, 0) is 11.2 Å². The van der Waals surface area contributed by atoms with Crippen molar-refractivity contribution in [2.45, 2.75) is 38.3 Å². The van der Waals surface area contributed by atoms with Gasteiger partial charge in [-0.15, -0.1) is 5.10 Å². The molecule has 0 unspecified atom stereocenters. The van der Waals surface area contributed by atoms with Crippen molar-refractivity contribution in [1.82, 2.24) is 24.3 Å². The largest absolute Gasteiger partial charge is 0.330 e. The Morgan fingerprint density at radius 3 is 2.77 bits per heavy atom. The summed E-state index contributed by atoms with van der Waals surface area (Å²) in [5, 5.41) is 4.24. The fourth-order valence-corrected chi connectivity index (χ4v) is 4.90. The molecule has 120 valence electrons. The van der Waals surface area contributed by atoms with Gasteiger partial charge < -0.3 is 9.80 Å². The summed E-state index contributed by atoms with van der Waals surface area (Å²) in [5.41, 5.74) is 1.14. The molecule has 3 aliphatic heterocycles. The second-order valence-electron chi connectivity index (χ2n) is 6.55. The zero-order valence-corrected chi connectivity index (χ0v) is 13.9. The molecule has 22 heavy (non-hydrogen) atoms. The second kappa shape index (κ2) is 5.86. The molecule has 2 fully saturated rings. The van der Waals surface area contributed by atoms with Crippen LogP contribution in [0.2, 0.25) is 0 Å². The summed E-state index contributed by atoms with van der Waals surface area (Å²) in [6.07, 6.45) is 3.09. The predicted octanol–water partition coefficient (Wildman–Crippen LogP) is 0.764. The highest BCUT2D eigenvalue weighted by atomic mass is 32.1. The van der Waals surface area contributed by atoms with E-state index in [9.17, 15) is 4.79 Å². The molecule has 1 aromatic rings. The van der Waals surface area contributed by atoms with E-state index >= 15 is 0 Å². The molecular weight excluding hydrogens is 298 g/mol. The third-order valence-corrected chi connectivity index (χ3v) is 6.25. The summed E-state index contributed by atoms with van der Waals surface area (Å²) >= 11 is 1.48. The number of carbonyl (C=O) groups is 1. The van der Waals surface area contributed by atoms with Crippen molar-refractivity contribution < 1.29 is 4.79 Å². The zero-order valence-electron chi connectivity index (χ0n) is 13.1. The van der Waals surface area contributed by atoms with Gasteiger partial charge in [0.25, 0.3) is 0 Å². The Labute approximate surface area is 135 Å². The Morgan fingerprint density at radius 1 is 1.23 bits per heavy atom. The summed E-state index contributed by atoms with van der Waals surface area (Å²) in [6.45, 7) is 8.07. The van der Waals surface area contributed by atoms with Crippen molar-refractivity contribution in [1.29, 1.82) is 0 Å². The maximum Gasteiger partial charge on any atom is 0.237 e. The lowest BCUT2D eigenvalue weighted by atomic mass is 10.1. The topological polar surface area (TPSA) is 52.6 Å². The van der Waals surface area contributed by atoms with Gasteiger partial charge in [0.05, 0.1) is 23.2 Å². The van der Waals surface area contributed by atoms with Crippen molar-refractivity contribution in [3.8, 4) is 0 Å². The zero-order chi connectivity index (χ0) is 15.1. The smallest absolute Gasteiger partial charge is 0.237 e. The van der Waals surface area contributed by atoms with Crippen LogP contribution in [0.1, 0.15) is 36.4 Å². The van der Waals surface area contributed by atoms with E-state index in [0.29, 0.717) is 18.5 Å². The minimum Gasteiger partial charge on any atom is -0.330 e. The molecule has 3 aliphatic rings. The number of hydrogen-bond acceptors (Lipinski definition) is 6. The Bertz CT molecular complexity index is 554. The standard InChI is InChI=1S/C15H23N5OS/c1-2-18-5-7-19(8-6-18)10-14(21)20-11-3-4-13(20)15-12(9-11)16-17-22-15/h11,13H,2-10H2,1H3/t11-,13+/m1/s1. The quantitative estimate of drug-likeness (QED) is 0.823. The first-order valence-corrected chi connectivity index (χ1v) is 9.10. The summed E-state index contributed by atoms with van der Waals surface area (Å²) in [7, 11) is 0. The number of likely N-dealkylation sites (N-methyl/N-ethyl adjacent to an activating group) is 1. The molecule has 7 heteroatoms. The molecule has 2 atom stereocenters. The van der Waals surface area contributed by atoms with E-state index in [4.69, 9.17) is 0 Å². The van der Waals surface area contributed by atoms with Gasteiger partial charge in [0, 0.05) is 38.6 Å². The van der Waals surface area contributed by atoms with Crippen LogP contribution in [0.25, 0.3) is 0 Å². The monoisotopic (exact) mass is 321 g/mol. The van der Waals surface area contributed by atoms with Crippen molar-refractivity contribution in [2.75, 3.05) is 39.3 Å². The summed E-state index contributed by atoms with van der Waals surface area (Å²) in [4.78, 5) is 21.0. The molecule has 0 saturated carbocycles. The maximum atomic E-state index is 12.8. The average Bonchev–Trinajstić information content (AvgIpc) is 3.13. The molecule has 0 spiro atoms. The molecule has 4 rings (SSSR count). The highest BCUT2D eigenvalue weighted by Crippen LogP contribution is 2.44. The molecule has 0 radical (unpaired) electrons. The Balaban J connectivity index is 1.42. The van der Waals surface area contributed by atoms with Gasteiger partial charge in [0.1, 0.15) is 0 Å². The van der Waals surface area contributed by atoms with Crippen LogP contribution in [0.15, 0.2) is 0 Å². The fourth-order valence-electron chi connectivity index (χ4n) is 4.09. The van der Waals surface area contributed by atoms with Crippen LogP contribution < -0.4 is 0 Å². The highest BCUT2D eigenvalue weighted by Gasteiger charge is 2.44. The third kappa shape index (κ3) is 2.45. The normalized spacial score (nSPS) is 28.9. The van der Waals surface area contributed by atoms with Gasteiger partial charge in [-0.05, 0) is 30.9 Å². The number of piperazine rings is 1. The van der Waals surface area contributed by atoms with E-state index in [1.165, 1.54) is 16.4 Å². The van der Waals surface area contributed by atoms with Gasteiger partial charge in [-0.3, -0.25) is 9.69 Å². The average molecular weight is 321 g/mol. The Kier molecular flexibility index (Phi) is 3.88. The van der Waals surface area contributed by atoms with Gasteiger partial charge in [-0.2, -0.15) is 0 Å². The number of rotatable bonds is 3. The number of amides is 1. The number of hydrogen-bond donors (Lipinski definition) is 0. The minimum absolute atomic E-state index is 0.248. The fraction of sp³-hybridized carbons (Fsp3) is 0.800. The first-order chi connectivity index (χ1) is 10.8. The lowest BCUT2D eigenvalue weighted by molar-refractivity contribution is -0.136. The lowest BCUT2D eigenvalue weighted by Crippen LogP contribution is -2.51. The molecule has 2 saturated heterocycles. The van der Waals surface area contributed by atoms with Crippen LogP contribution in [0.3, 0.4) is 0 Å². The predicted molar refractivity (Wildman–Crippen MR) is 84.8 cm³/mol. The second-order valence-corrected chi connectivity index (χ2v) is 7.33. The summed E-state index contributed by atoms with van der Waals surface area (Å²) in [6, 6.07) is 0.601. The molecule has 1 aromatic heterocycles. The van der Waals surface area contributed by atoms with E-state index in [-0.39, 0.29) is 6.04 Å². The number of nitrogens with zero attached hydrogens (tertiary/aromatic N) is 5. The summed E-state index contributed by atoms with van der Waals surface area (Å²) < 4.78 is 4.09. The maximum absolute atomic E-state index is 12.8. The summed E-state index contributed by atoms with van der Waals surface area (Å²) in [5.74, 6) is 0.302. The van der Waals surface area contributed by atoms with Crippen molar-refractivity contribution in [2.24, 2.45) is 0 Å². The molecule has 0 aliphatic carbocycles. The van der Waals surface area contributed by atoms with E-state index in [1.807, 2.05) is 0 Å². The van der Waals surface area contributed by atoms with E-state index in [2.05, 4.69) is 31.2 Å². The SMILES string of the molecule is CCN1CCN(CC(=O)N2[C@@H]3CC[C@H]2c2snnc2C3)CC1. The number of carbonyl (C=O) groups excluding carboxylic acids is 1. The minimum atomic E-state index is 0.248.